The second kappa shape index (κ2) is 33.6. The number of ketones is 1. The summed E-state index contributed by atoms with van der Waals surface area (Å²) in [5.74, 6) is -6.21. The number of carbonyl (C=O) groups excluding carboxylic acids is 10. The second-order valence-electron chi connectivity index (χ2n) is 26.0. The van der Waals surface area contributed by atoms with Crippen LogP contribution in [0, 0.1) is 31.6 Å². The molecule has 3 aliphatic heterocycles. The van der Waals surface area contributed by atoms with Crippen molar-refractivity contribution in [3.63, 3.8) is 0 Å². The predicted molar refractivity (Wildman–Crippen MR) is 354 cm³/mol. The second-order valence-corrected chi connectivity index (χ2v) is 28.5. The van der Waals surface area contributed by atoms with Crippen LogP contribution in [-0.4, -0.2) is 156 Å². The first kappa shape index (κ1) is 71.6. The molecule has 1 aromatic carbocycles. The molecule has 2 aromatic heterocycles. The molecule has 498 valence electrons. The highest BCUT2D eigenvalue weighted by Gasteiger charge is 2.43. The van der Waals surface area contributed by atoms with Crippen LogP contribution in [0.15, 0.2) is 42.5 Å². The van der Waals surface area contributed by atoms with Gasteiger partial charge in [-0.15, -0.1) is 22.7 Å². The standard InChI is InChI=1S/C67H98N12O10S2/c1-37(2)32-50-62(84)76-52(34-42-18-10-9-11-19-42)67(89)79-31-17-26-54(79)63(85)77-57(39(5)6)65(87)73-49(24-15-29-70)61(83)75-51(33-38(3)4)66(88)78-30-16-25-53(78)58(80)55-35-45(40(7)90-55)43-20-12-21-44(43)46-36-56(91-41(46)8)64(86)72-48(23-14-28-69)59(81)71-47(22-13-27-68)60(82)74-50/h9-11,18-19,35-39,47-54,57H,12-17,20-34,68-70H2,1-8H3,(H,71,81)(H,72,86)(H,73,87)(H,74,82)(H,75,83)(H,76,84)(H,77,85)/t47-,48-,49-,50-,51-,52+,53+,54-,57-/m0/s1. The van der Waals surface area contributed by atoms with E-state index >= 15 is 4.79 Å². The lowest BCUT2D eigenvalue weighted by atomic mass is 9.96. The Balaban J connectivity index is 1.27. The fourth-order valence-corrected chi connectivity index (χ4v) is 14.9. The number of hydrogen-bond donors (Lipinski definition) is 10. The molecule has 2 saturated heterocycles. The summed E-state index contributed by atoms with van der Waals surface area (Å²) in [6.07, 6.45) is 5.79. The van der Waals surface area contributed by atoms with Crippen LogP contribution in [-0.2, 0) is 44.8 Å². The average molecular weight is 1300 g/mol. The zero-order valence-electron chi connectivity index (χ0n) is 54.3. The number of thiophene rings is 2. The van der Waals surface area contributed by atoms with Crippen molar-refractivity contribution in [3.05, 3.63) is 78.7 Å². The minimum absolute atomic E-state index is 0.0218. The van der Waals surface area contributed by atoms with Crippen molar-refractivity contribution in [1.82, 2.24) is 47.0 Å². The maximum absolute atomic E-state index is 15.0. The Morgan fingerprint density at radius 1 is 0.495 bits per heavy atom. The van der Waals surface area contributed by atoms with E-state index in [1.165, 1.54) is 27.6 Å². The highest BCUT2D eigenvalue weighted by Crippen LogP contribution is 2.45. The molecule has 24 heteroatoms. The number of carbonyl (C=O) groups is 10. The van der Waals surface area contributed by atoms with Gasteiger partial charge >= 0.3 is 0 Å². The first-order valence-electron chi connectivity index (χ1n) is 32.8. The average Bonchev–Trinajstić information content (AvgIpc) is 1.71. The van der Waals surface area contributed by atoms with Gasteiger partial charge in [-0.1, -0.05) is 71.9 Å². The van der Waals surface area contributed by atoms with Gasteiger partial charge in [0.05, 0.1) is 15.8 Å². The van der Waals surface area contributed by atoms with Gasteiger partial charge in [0.1, 0.15) is 48.3 Å². The Morgan fingerprint density at radius 3 is 1.47 bits per heavy atom. The summed E-state index contributed by atoms with van der Waals surface area (Å²) in [5.41, 5.74) is 22.6. The molecule has 4 bridgehead atoms. The maximum Gasteiger partial charge on any atom is 0.262 e. The van der Waals surface area contributed by atoms with Crippen molar-refractivity contribution >= 4 is 92.8 Å². The van der Waals surface area contributed by atoms with Gasteiger partial charge in [-0.3, -0.25) is 47.9 Å². The topological polar surface area (TPSA) is 339 Å². The molecule has 0 saturated carbocycles. The van der Waals surface area contributed by atoms with Gasteiger partial charge in [-0.05, 0) is 188 Å². The molecular weight excluding hydrogens is 1200 g/mol. The summed E-state index contributed by atoms with van der Waals surface area (Å²) in [6.45, 7) is 16.1. The van der Waals surface area contributed by atoms with Gasteiger partial charge in [0.2, 0.25) is 47.3 Å². The third kappa shape index (κ3) is 18.7. The Hall–Kier alpha value is -6.86. The number of aryl methyl sites for hydroxylation is 2. The molecule has 4 aliphatic rings. The molecule has 2 fully saturated rings. The lowest BCUT2D eigenvalue weighted by Crippen LogP contribution is -2.61. The number of benzene rings is 1. The van der Waals surface area contributed by atoms with Gasteiger partial charge in [0, 0.05) is 29.3 Å². The lowest BCUT2D eigenvalue weighted by Gasteiger charge is -2.32. The number of nitrogens with zero attached hydrogens (tertiary/aromatic N) is 2. The van der Waals surface area contributed by atoms with Crippen LogP contribution in [0.5, 0.6) is 0 Å². The largest absolute Gasteiger partial charge is 0.343 e. The summed E-state index contributed by atoms with van der Waals surface area (Å²) >= 11 is 2.67. The van der Waals surface area contributed by atoms with Crippen molar-refractivity contribution in [2.45, 2.75) is 212 Å². The Bertz CT molecular complexity index is 3120. The summed E-state index contributed by atoms with van der Waals surface area (Å²) in [4.78, 5) is 152. The van der Waals surface area contributed by atoms with Crippen LogP contribution in [0.25, 0.3) is 11.1 Å². The van der Waals surface area contributed by atoms with E-state index in [0.717, 1.165) is 51.3 Å². The molecule has 0 unspecified atom stereocenters. The highest BCUT2D eigenvalue weighted by atomic mass is 32.1. The third-order valence-electron chi connectivity index (χ3n) is 17.6. The number of hydrogen-bond acceptors (Lipinski definition) is 15. The van der Waals surface area contributed by atoms with E-state index in [2.05, 4.69) is 37.2 Å². The molecule has 9 amide bonds. The van der Waals surface area contributed by atoms with Crippen LogP contribution in [0.3, 0.4) is 0 Å². The number of Topliss-reactive ketones (excluding diaryl/α,β-unsaturated/α-hetero) is 1. The normalized spacial score (nSPS) is 25.1. The van der Waals surface area contributed by atoms with Gasteiger partial charge < -0.3 is 64.2 Å². The zero-order valence-corrected chi connectivity index (χ0v) is 56.0. The number of rotatable bonds is 16. The van der Waals surface area contributed by atoms with Crippen LogP contribution in [0.1, 0.15) is 184 Å². The first-order chi connectivity index (χ1) is 43.4. The van der Waals surface area contributed by atoms with E-state index in [9.17, 15) is 43.2 Å². The van der Waals surface area contributed by atoms with E-state index in [-0.39, 0.29) is 88.7 Å². The van der Waals surface area contributed by atoms with Gasteiger partial charge in [-0.2, -0.15) is 0 Å². The summed E-state index contributed by atoms with van der Waals surface area (Å²) < 4.78 is 0. The van der Waals surface area contributed by atoms with Gasteiger partial charge in [-0.25, -0.2) is 0 Å². The van der Waals surface area contributed by atoms with Gasteiger partial charge in [0.15, 0.2) is 5.78 Å². The molecule has 1 aliphatic carbocycles. The van der Waals surface area contributed by atoms with E-state index in [4.69, 9.17) is 17.2 Å². The van der Waals surface area contributed by atoms with E-state index in [1.54, 1.807) is 30.9 Å². The molecule has 22 nitrogen and oxygen atoms in total. The summed E-state index contributed by atoms with van der Waals surface area (Å²) in [5, 5.41) is 20.3. The Kier molecular flexibility index (Phi) is 26.5. The quantitative estimate of drug-likeness (QED) is 0.0912. The van der Waals surface area contributed by atoms with E-state index in [0.29, 0.717) is 60.4 Å². The minimum Gasteiger partial charge on any atom is -0.343 e. The Labute approximate surface area is 543 Å². The maximum atomic E-state index is 15.0. The van der Waals surface area contributed by atoms with Crippen molar-refractivity contribution in [1.29, 1.82) is 0 Å². The molecule has 9 atom stereocenters. The molecule has 0 spiro atoms. The van der Waals surface area contributed by atoms with Crippen LogP contribution >= 0.6 is 22.7 Å². The number of nitrogens with two attached hydrogens (primary N) is 3. The van der Waals surface area contributed by atoms with Gasteiger partial charge in [0.25, 0.3) is 5.91 Å². The fraction of sp³-hybridized carbons (Fsp3) is 0.612. The summed E-state index contributed by atoms with van der Waals surface area (Å²) in [6, 6.07) is 2.86. The van der Waals surface area contributed by atoms with Crippen LogP contribution in [0.4, 0.5) is 0 Å². The molecule has 91 heavy (non-hydrogen) atoms. The van der Waals surface area contributed by atoms with Crippen molar-refractivity contribution in [2.75, 3.05) is 32.7 Å². The molecule has 0 radical (unpaired) electrons. The van der Waals surface area contributed by atoms with Crippen molar-refractivity contribution < 1.29 is 47.9 Å². The zero-order chi connectivity index (χ0) is 66.2. The monoisotopic (exact) mass is 1290 g/mol. The number of allylic oxidation sites excluding steroid dienone is 2. The Morgan fingerprint density at radius 2 is 0.934 bits per heavy atom. The van der Waals surface area contributed by atoms with Crippen LogP contribution in [0.2, 0.25) is 0 Å². The number of nitrogens with one attached hydrogen (secondary N) is 7. The summed E-state index contributed by atoms with van der Waals surface area (Å²) in [7, 11) is 0. The number of amides is 9. The number of fused-ring (bicyclic) bond motifs is 8. The molecule has 13 N–H and O–H groups in total. The van der Waals surface area contributed by atoms with Crippen LogP contribution < -0.4 is 54.4 Å². The molecule has 7 rings (SSSR count). The van der Waals surface area contributed by atoms with Crippen molar-refractivity contribution in [3.8, 4) is 0 Å². The molecule has 5 heterocycles. The van der Waals surface area contributed by atoms with E-state index in [1.807, 2.05) is 71.9 Å². The lowest BCUT2D eigenvalue weighted by molar-refractivity contribution is -0.143. The minimum atomic E-state index is -1.23. The van der Waals surface area contributed by atoms with Crippen molar-refractivity contribution in [2.24, 2.45) is 35.0 Å². The third-order valence-corrected chi connectivity index (χ3v) is 19.7. The van der Waals surface area contributed by atoms with E-state index < -0.39 is 113 Å². The molecule has 3 aromatic rings. The first-order valence-corrected chi connectivity index (χ1v) is 34.4. The predicted octanol–water partition coefficient (Wildman–Crippen LogP) is 4.91. The highest BCUT2D eigenvalue weighted by molar-refractivity contribution is 7.14. The fourth-order valence-electron chi connectivity index (χ4n) is 12.9. The SMILES string of the molecule is Cc1sc2cc1C1=C(CCC1)c1cc(sc1C)C(=O)[C@H]1CCCN1C(=O)[C@H](CC(C)C)NC(=O)[C@H](CCCN)NC(=O)[C@H](C(C)C)NC(=O)[C@@H]1CCCN1C(=O)[C@@H](Cc1ccccc1)NC(=O)[C@H](CC(C)C)NC(=O)[C@H](CCCN)NC(=O)[C@H](CCCN)NC2=O. The molecular formula is C67H98N12O10S2. The smallest absolute Gasteiger partial charge is 0.262 e.